The van der Waals surface area contributed by atoms with Crippen LogP contribution >= 0.6 is 0 Å². The zero-order valence-corrected chi connectivity index (χ0v) is 19.3. The van der Waals surface area contributed by atoms with Gasteiger partial charge in [-0.05, 0) is 48.2 Å². The van der Waals surface area contributed by atoms with Crippen LogP contribution in [0.15, 0.2) is 71.1 Å². The van der Waals surface area contributed by atoms with Gasteiger partial charge >= 0.3 is 5.97 Å². The van der Waals surface area contributed by atoms with Crippen molar-refractivity contribution in [1.29, 1.82) is 0 Å². The van der Waals surface area contributed by atoms with E-state index in [0.29, 0.717) is 25.0 Å². The monoisotopic (exact) mass is 458 g/mol. The van der Waals surface area contributed by atoms with Crippen LogP contribution in [0.3, 0.4) is 0 Å². The van der Waals surface area contributed by atoms with E-state index in [9.17, 15) is 13.2 Å². The average molecular weight is 459 g/mol. The lowest BCUT2D eigenvalue weighted by Crippen LogP contribution is -2.30. The van der Waals surface area contributed by atoms with Gasteiger partial charge in [0, 0.05) is 0 Å². The fourth-order valence-corrected chi connectivity index (χ4v) is 6.03. The lowest BCUT2D eigenvalue weighted by Gasteiger charge is -2.23. The molecule has 6 nitrogen and oxygen atoms in total. The quantitative estimate of drug-likeness (QED) is 0.253. The Morgan fingerprint density at radius 1 is 1.00 bits per heavy atom. The van der Waals surface area contributed by atoms with Crippen molar-refractivity contribution in [2.45, 2.75) is 42.4 Å². The molecule has 1 saturated carbocycles. The molecule has 1 fully saturated rings. The minimum atomic E-state index is -3.65. The zero-order valence-electron chi connectivity index (χ0n) is 18.5. The summed E-state index contributed by atoms with van der Waals surface area (Å²) in [6, 6.07) is 16.0. The minimum absolute atomic E-state index is 0.204. The minimum Gasteiger partial charge on any atom is -0.497 e. The van der Waals surface area contributed by atoms with Gasteiger partial charge in [0.2, 0.25) is 0 Å². The summed E-state index contributed by atoms with van der Waals surface area (Å²) in [7, 11) is -0.700. The van der Waals surface area contributed by atoms with Crippen LogP contribution in [0.4, 0.5) is 0 Å². The highest BCUT2D eigenvalue weighted by Gasteiger charge is 2.38. The van der Waals surface area contributed by atoms with E-state index in [1.807, 2.05) is 24.3 Å². The number of methoxy groups -OCH3 is 2. The molecule has 3 rings (SSSR count). The Kier molecular flexibility index (Phi) is 8.47. The summed E-state index contributed by atoms with van der Waals surface area (Å²) in [4.78, 5) is 12.8. The third kappa shape index (κ3) is 5.78. The van der Waals surface area contributed by atoms with Crippen LogP contribution in [0.1, 0.15) is 31.2 Å². The highest BCUT2D eigenvalue weighted by molar-refractivity contribution is 7.92. The number of benzene rings is 2. The molecule has 7 heteroatoms. The lowest BCUT2D eigenvalue weighted by atomic mass is 9.93. The second-order valence-corrected chi connectivity index (χ2v) is 9.90. The van der Waals surface area contributed by atoms with Crippen molar-refractivity contribution in [2.24, 2.45) is 5.92 Å². The molecule has 0 bridgehead atoms. The highest BCUT2D eigenvalue weighted by Crippen LogP contribution is 2.36. The maximum absolute atomic E-state index is 13.5. The molecular formula is C25H30O6S. The number of sulfone groups is 1. The van der Waals surface area contributed by atoms with Crippen LogP contribution in [0.5, 0.6) is 5.75 Å². The van der Waals surface area contributed by atoms with E-state index in [-0.39, 0.29) is 11.5 Å². The summed E-state index contributed by atoms with van der Waals surface area (Å²) in [5.41, 5.74) is 1.55. The van der Waals surface area contributed by atoms with Gasteiger partial charge in [-0.3, -0.25) is 4.79 Å². The maximum atomic E-state index is 13.5. The number of carbonyl (C=O) groups is 1. The van der Waals surface area contributed by atoms with Gasteiger partial charge in [-0.1, -0.05) is 49.2 Å². The Hall–Kier alpha value is -2.64. The molecular weight excluding hydrogens is 428 g/mol. The summed E-state index contributed by atoms with van der Waals surface area (Å²) in [6.45, 7) is 0.572. The van der Waals surface area contributed by atoms with Crippen molar-refractivity contribution in [3.63, 3.8) is 0 Å². The predicted molar refractivity (Wildman–Crippen MR) is 122 cm³/mol. The third-order valence-corrected chi connectivity index (χ3v) is 7.97. The fourth-order valence-electron chi connectivity index (χ4n) is 4.07. The highest BCUT2D eigenvalue weighted by atomic mass is 32.2. The van der Waals surface area contributed by atoms with Crippen molar-refractivity contribution in [3.05, 3.63) is 71.8 Å². The molecule has 0 amide bonds. The third-order valence-electron chi connectivity index (χ3n) is 5.78. The van der Waals surface area contributed by atoms with E-state index in [1.165, 1.54) is 7.11 Å². The van der Waals surface area contributed by atoms with Crippen LogP contribution < -0.4 is 4.74 Å². The van der Waals surface area contributed by atoms with Crippen molar-refractivity contribution < 1.29 is 27.4 Å². The first-order valence-electron chi connectivity index (χ1n) is 10.7. The molecule has 0 saturated heterocycles. The number of rotatable bonds is 8. The summed E-state index contributed by atoms with van der Waals surface area (Å²) in [6.07, 6.45) is 4.30. The molecule has 0 aromatic heterocycles. The average Bonchev–Trinajstić information content (AvgIpc) is 3.05. The van der Waals surface area contributed by atoms with Crippen molar-refractivity contribution in [2.75, 3.05) is 20.8 Å². The zero-order chi connectivity index (χ0) is 23.0. The number of hydrogen-bond donors (Lipinski definition) is 0. The van der Waals surface area contributed by atoms with Gasteiger partial charge in [-0.25, -0.2) is 8.42 Å². The predicted octanol–water partition coefficient (Wildman–Crippen LogP) is 4.34. The van der Waals surface area contributed by atoms with Crippen LogP contribution in [-0.2, 0) is 30.7 Å². The summed E-state index contributed by atoms with van der Waals surface area (Å²) >= 11 is 0. The Bertz CT molecular complexity index is 1010. The molecule has 1 aliphatic carbocycles. The van der Waals surface area contributed by atoms with Crippen LogP contribution in [0, 0.1) is 5.92 Å². The van der Waals surface area contributed by atoms with Crippen molar-refractivity contribution in [3.8, 4) is 5.75 Å². The fraction of sp³-hybridized carbons (Fsp3) is 0.400. The van der Waals surface area contributed by atoms with E-state index in [2.05, 4.69) is 0 Å². The Balaban J connectivity index is 1.84. The van der Waals surface area contributed by atoms with Gasteiger partial charge in [-0.15, -0.1) is 0 Å². The van der Waals surface area contributed by atoms with E-state index >= 15 is 0 Å². The normalized spacial score (nSPS) is 20.5. The second kappa shape index (κ2) is 11.3. The summed E-state index contributed by atoms with van der Waals surface area (Å²) in [5, 5.41) is -0.777. The van der Waals surface area contributed by atoms with Gasteiger partial charge < -0.3 is 14.2 Å². The topological polar surface area (TPSA) is 78.9 Å². The Morgan fingerprint density at radius 2 is 1.69 bits per heavy atom. The molecule has 1 aliphatic rings. The standard InChI is InChI=1S/C25H30O6S/c1-29-20-14-12-19(13-15-20)18-31-17-16-22-23(25(26)30-2)10-6-7-11-24(22)32(27,28)21-8-4-3-5-9-21/h3-5,8-9,12-16,23-24H,6-7,10-11,17-18H2,1-2H3/b22-16-. The van der Waals surface area contributed by atoms with Crippen molar-refractivity contribution >= 4 is 15.8 Å². The summed E-state index contributed by atoms with van der Waals surface area (Å²) in [5.74, 6) is -0.221. The van der Waals surface area contributed by atoms with Crippen LogP contribution in [-0.4, -0.2) is 40.5 Å². The summed E-state index contributed by atoms with van der Waals surface area (Å²) < 4.78 is 42.9. The molecule has 0 radical (unpaired) electrons. The van der Waals surface area contributed by atoms with Gasteiger partial charge in [-0.2, -0.15) is 0 Å². The number of esters is 1. The van der Waals surface area contributed by atoms with E-state index in [1.54, 1.807) is 43.5 Å². The molecule has 0 N–H and O–H groups in total. The smallest absolute Gasteiger partial charge is 0.312 e. The molecule has 2 aromatic rings. The first-order valence-corrected chi connectivity index (χ1v) is 12.3. The lowest BCUT2D eigenvalue weighted by molar-refractivity contribution is -0.144. The maximum Gasteiger partial charge on any atom is 0.312 e. The molecule has 32 heavy (non-hydrogen) atoms. The van der Waals surface area contributed by atoms with Crippen molar-refractivity contribution in [1.82, 2.24) is 0 Å². The molecule has 2 aromatic carbocycles. The molecule has 2 unspecified atom stereocenters. The largest absolute Gasteiger partial charge is 0.497 e. The molecule has 0 aliphatic heterocycles. The Labute approximate surface area is 190 Å². The van der Waals surface area contributed by atoms with E-state index < -0.39 is 27.0 Å². The van der Waals surface area contributed by atoms with E-state index in [4.69, 9.17) is 14.2 Å². The number of hydrogen-bond acceptors (Lipinski definition) is 6. The van der Waals surface area contributed by atoms with Crippen LogP contribution in [0.25, 0.3) is 0 Å². The van der Waals surface area contributed by atoms with Gasteiger partial charge in [0.05, 0.1) is 43.5 Å². The van der Waals surface area contributed by atoms with Gasteiger partial charge in [0.1, 0.15) is 5.75 Å². The van der Waals surface area contributed by atoms with Gasteiger partial charge in [0.15, 0.2) is 9.84 Å². The first-order chi connectivity index (χ1) is 15.5. The number of carbonyl (C=O) groups excluding carboxylic acids is 1. The first kappa shape index (κ1) is 24.0. The SMILES string of the molecule is COC(=O)C1CCCCC(S(=O)(=O)c2ccccc2)/C1=C\COCc1ccc(OC)cc1. The van der Waals surface area contributed by atoms with Gasteiger partial charge in [0.25, 0.3) is 0 Å². The Morgan fingerprint density at radius 3 is 2.34 bits per heavy atom. The molecule has 0 spiro atoms. The van der Waals surface area contributed by atoms with Crippen LogP contribution in [0.2, 0.25) is 0 Å². The molecule has 172 valence electrons. The number of ether oxygens (including phenoxy) is 3. The van der Waals surface area contributed by atoms with E-state index in [0.717, 1.165) is 24.2 Å². The molecule has 0 heterocycles. The second-order valence-electron chi connectivity index (χ2n) is 7.77. The molecule has 2 atom stereocenters.